The number of nitrogens with one attached hydrogen (secondary N) is 1. The zero-order chi connectivity index (χ0) is 17.6. The van der Waals surface area contributed by atoms with Gasteiger partial charge >= 0.3 is 0 Å². The van der Waals surface area contributed by atoms with E-state index in [9.17, 15) is 5.11 Å². The lowest BCUT2D eigenvalue weighted by Crippen LogP contribution is -2.42. The predicted molar refractivity (Wildman–Crippen MR) is 97.0 cm³/mol. The van der Waals surface area contributed by atoms with Gasteiger partial charge in [-0.3, -0.25) is 0 Å². The van der Waals surface area contributed by atoms with Gasteiger partial charge in [-0.25, -0.2) is 4.98 Å². The van der Waals surface area contributed by atoms with Crippen molar-refractivity contribution in [3.63, 3.8) is 0 Å². The van der Waals surface area contributed by atoms with Crippen molar-refractivity contribution in [1.82, 2.24) is 10.3 Å². The van der Waals surface area contributed by atoms with Gasteiger partial charge in [0.05, 0.1) is 13.2 Å². The molecular formula is C19H27N3O2. The number of hydrogen-bond donors (Lipinski definition) is 3. The van der Waals surface area contributed by atoms with Crippen molar-refractivity contribution in [1.29, 1.82) is 0 Å². The second kappa shape index (κ2) is 8.13. The van der Waals surface area contributed by atoms with Gasteiger partial charge in [-0.05, 0) is 44.4 Å². The third-order valence-corrected chi connectivity index (χ3v) is 4.18. The van der Waals surface area contributed by atoms with E-state index < -0.39 is 6.10 Å². The Labute approximate surface area is 143 Å². The van der Waals surface area contributed by atoms with Gasteiger partial charge in [-0.2, -0.15) is 0 Å². The molecule has 2 aromatic rings. The Morgan fingerprint density at radius 1 is 1.25 bits per heavy atom. The second-order valence-electron chi connectivity index (χ2n) is 6.61. The minimum Gasteiger partial charge on any atom is -0.496 e. The van der Waals surface area contributed by atoms with Crippen LogP contribution in [0.5, 0.6) is 5.75 Å². The topological polar surface area (TPSA) is 80.4 Å². The highest BCUT2D eigenvalue weighted by Crippen LogP contribution is 2.22. The Kier molecular flexibility index (Phi) is 6.17. The van der Waals surface area contributed by atoms with Gasteiger partial charge in [0, 0.05) is 23.8 Å². The maximum Gasteiger partial charge on any atom is 0.123 e. The summed E-state index contributed by atoms with van der Waals surface area (Å²) in [5, 5.41) is 13.7. The van der Waals surface area contributed by atoms with Crippen molar-refractivity contribution in [2.45, 2.75) is 38.3 Å². The molecule has 4 N–H and O–H groups in total. The molecule has 2 rings (SSSR count). The van der Waals surface area contributed by atoms with E-state index in [4.69, 9.17) is 10.5 Å². The number of nitrogens with zero attached hydrogens (tertiary/aromatic N) is 1. The molecule has 1 aromatic carbocycles. The number of nitrogens with two attached hydrogens (primary N) is 1. The first kappa shape index (κ1) is 18.2. The average molecular weight is 329 g/mol. The SMILES string of the molecule is COc1ccccc1CCC(C)(C)NCC(O)c1ccc(N)nc1. The fraction of sp³-hybridized carbons (Fsp3) is 0.421. The predicted octanol–water partition coefficient (Wildman–Crippen LogP) is 2.71. The number of nitrogen functional groups attached to an aromatic ring is 1. The Morgan fingerprint density at radius 2 is 2.00 bits per heavy atom. The van der Waals surface area contributed by atoms with Crippen molar-refractivity contribution in [2.75, 3.05) is 19.4 Å². The van der Waals surface area contributed by atoms with Crippen LogP contribution < -0.4 is 15.8 Å². The summed E-state index contributed by atoms with van der Waals surface area (Å²) in [6.45, 7) is 4.73. The molecule has 1 atom stereocenters. The van der Waals surface area contributed by atoms with Gasteiger partial charge in [0.2, 0.25) is 0 Å². The largest absolute Gasteiger partial charge is 0.496 e. The number of anilines is 1. The summed E-state index contributed by atoms with van der Waals surface area (Å²) in [6, 6.07) is 11.6. The number of aromatic nitrogens is 1. The molecule has 0 bridgehead atoms. The number of hydrogen-bond acceptors (Lipinski definition) is 5. The first-order valence-electron chi connectivity index (χ1n) is 8.18. The quantitative estimate of drug-likeness (QED) is 0.694. The zero-order valence-corrected chi connectivity index (χ0v) is 14.6. The van der Waals surface area contributed by atoms with Crippen LogP contribution in [-0.2, 0) is 6.42 Å². The highest BCUT2D eigenvalue weighted by Gasteiger charge is 2.20. The van der Waals surface area contributed by atoms with Crippen LogP contribution >= 0.6 is 0 Å². The van der Waals surface area contributed by atoms with Crippen molar-refractivity contribution < 1.29 is 9.84 Å². The standard InChI is InChI=1S/C19H27N3O2/c1-19(2,11-10-14-6-4-5-7-17(14)24-3)22-13-16(23)15-8-9-18(20)21-12-15/h4-9,12,16,22-23H,10-11,13H2,1-3H3,(H2,20,21). The third kappa shape index (κ3) is 5.22. The molecule has 0 spiro atoms. The summed E-state index contributed by atoms with van der Waals surface area (Å²) < 4.78 is 5.40. The number of β-amino-alcohol motifs (C(OH)–C–C–N with tert-alkyl or cyclic N) is 1. The zero-order valence-electron chi connectivity index (χ0n) is 14.6. The molecule has 24 heavy (non-hydrogen) atoms. The molecule has 0 amide bonds. The summed E-state index contributed by atoms with van der Waals surface area (Å²) in [5.74, 6) is 1.37. The van der Waals surface area contributed by atoms with Crippen molar-refractivity contribution >= 4 is 5.82 Å². The number of methoxy groups -OCH3 is 1. The minimum atomic E-state index is -0.608. The Balaban J connectivity index is 1.87. The van der Waals surface area contributed by atoms with Crippen LogP contribution in [0.25, 0.3) is 0 Å². The number of ether oxygens (including phenoxy) is 1. The van der Waals surface area contributed by atoms with Gasteiger partial charge in [0.1, 0.15) is 11.6 Å². The molecule has 0 aliphatic heterocycles. The molecule has 0 fully saturated rings. The Morgan fingerprint density at radius 3 is 2.67 bits per heavy atom. The first-order valence-corrected chi connectivity index (χ1v) is 8.18. The number of pyridine rings is 1. The van der Waals surface area contributed by atoms with Crippen LogP contribution in [0.2, 0.25) is 0 Å². The normalized spacial score (nSPS) is 12.8. The molecule has 130 valence electrons. The molecule has 1 unspecified atom stereocenters. The maximum absolute atomic E-state index is 10.3. The third-order valence-electron chi connectivity index (χ3n) is 4.18. The molecule has 0 aliphatic carbocycles. The van der Waals surface area contributed by atoms with Gasteiger partial charge in [0.15, 0.2) is 0 Å². The lowest BCUT2D eigenvalue weighted by atomic mass is 9.94. The Bertz CT molecular complexity index is 641. The number of aliphatic hydroxyl groups excluding tert-OH is 1. The van der Waals surface area contributed by atoms with Crippen LogP contribution in [0, 0.1) is 0 Å². The van der Waals surface area contributed by atoms with Crippen LogP contribution in [0.15, 0.2) is 42.6 Å². The summed E-state index contributed by atoms with van der Waals surface area (Å²) in [5.41, 5.74) is 7.42. The first-order chi connectivity index (χ1) is 11.4. The van der Waals surface area contributed by atoms with E-state index in [2.05, 4.69) is 30.2 Å². The average Bonchev–Trinajstić information content (AvgIpc) is 2.59. The second-order valence-corrected chi connectivity index (χ2v) is 6.61. The summed E-state index contributed by atoms with van der Waals surface area (Å²) >= 11 is 0. The lowest BCUT2D eigenvalue weighted by Gasteiger charge is -2.28. The fourth-order valence-electron chi connectivity index (χ4n) is 2.55. The molecule has 1 heterocycles. The van der Waals surface area contributed by atoms with E-state index >= 15 is 0 Å². The van der Waals surface area contributed by atoms with Crippen molar-refractivity contribution in [3.8, 4) is 5.75 Å². The summed E-state index contributed by atoms with van der Waals surface area (Å²) in [6.07, 6.45) is 2.84. The van der Waals surface area contributed by atoms with E-state index in [1.165, 1.54) is 5.56 Å². The molecule has 0 saturated carbocycles. The number of para-hydroxylation sites is 1. The van der Waals surface area contributed by atoms with Gasteiger partial charge < -0.3 is 20.9 Å². The maximum atomic E-state index is 10.3. The minimum absolute atomic E-state index is 0.108. The van der Waals surface area contributed by atoms with Crippen LogP contribution in [0.1, 0.15) is 37.5 Å². The molecule has 5 nitrogen and oxygen atoms in total. The van der Waals surface area contributed by atoms with Crippen LogP contribution in [0.4, 0.5) is 5.82 Å². The highest BCUT2D eigenvalue weighted by molar-refractivity contribution is 5.33. The fourth-order valence-corrected chi connectivity index (χ4v) is 2.55. The molecule has 1 aromatic heterocycles. The number of rotatable bonds is 8. The van der Waals surface area contributed by atoms with E-state index in [1.54, 1.807) is 25.4 Å². The van der Waals surface area contributed by atoms with Crippen LogP contribution in [0.3, 0.4) is 0 Å². The van der Waals surface area contributed by atoms with E-state index in [-0.39, 0.29) is 5.54 Å². The lowest BCUT2D eigenvalue weighted by molar-refractivity contribution is 0.159. The van der Waals surface area contributed by atoms with Crippen molar-refractivity contribution in [2.24, 2.45) is 0 Å². The van der Waals surface area contributed by atoms with E-state index in [0.29, 0.717) is 12.4 Å². The molecule has 0 radical (unpaired) electrons. The summed E-state index contributed by atoms with van der Waals surface area (Å²) in [7, 11) is 1.69. The van der Waals surface area contributed by atoms with Crippen molar-refractivity contribution in [3.05, 3.63) is 53.7 Å². The number of benzene rings is 1. The Hall–Kier alpha value is -2.11. The number of aryl methyl sites for hydroxylation is 1. The van der Waals surface area contributed by atoms with E-state index in [1.807, 2.05) is 18.2 Å². The molecular weight excluding hydrogens is 302 g/mol. The van der Waals surface area contributed by atoms with Crippen LogP contribution in [-0.4, -0.2) is 29.3 Å². The highest BCUT2D eigenvalue weighted by atomic mass is 16.5. The molecule has 5 heteroatoms. The molecule has 0 aliphatic rings. The van der Waals surface area contributed by atoms with Gasteiger partial charge in [-0.1, -0.05) is 24.3 Å². The van der Waals surface area contributed by atoms with Gasteiger partial charge in [-0.15, -0.1) is 0 Å². The number of aliphatic hydroxyl groups is 1. The smallest absolute Gasteiger partial charge is 0.123 e. The van der Waals surface area contributed by atoms with E-state index in [0.717, 1.165) is 24.2 Å². The monoisotopic (exact) mass is 329 g/mol. The summed E-state index contributed by atoms with van der Waals surface area (Å²) in [4.78, 5) is 4.02. The molecule has 0 saturated heterocycles. The van der Waals surface area contributed by atoms with Gasteiger partial charge in [0.25, 0.3) is 0 Å².